The zero-order valence-corrected chi connectivity index (χ0v) is 19.8. The van der Waals surface area contributed by atoms with E-state index in [-0.39, 0.29) is 33.3 Å². The summed E-state index contributed by atoms with van der Waals surface area (Å²) in [5.74, 6) is -2.55. The van der Waals surface area contributed by atoms with Crippen molar-refractivity contribution < 1.29 is 18.6 Å². The lowest BCUT2D eigenvalue weighted by molar-refractivity contribution is -0.569. The molecule has 0 bridgehead atoms. The minimum Gasteiger partial charge on any atom is -0.710 e. The van der Waals surface area contributed by atoms with Crippen LogP contribution in [-0.2, 0) is 0 Å². The van der Waals surface area contributed by atoms with E-state index in [0.29, 0.717) is 31.0 Å². The molecular formula is C24H23F2N7O3. The molecule has 0 spiro atoms. The van der Waals surface area contributed by atoms with Crippen molar-refractivity contribution in [1.29, 1.82) is 0 Å². The Morgan fingerprint density at radius 1 is 1.19 bits per heavy atom. The standard InChI is InChI=1S/C24H23F2N7O3/c1-12-10-27-7-8-31(12)22-15-9-17(26)21(19-16(25)5-4-6-18(19)34)33(36)23(15)32(24(35)30-22)20-13(2)28-11-29-14(20)3/h4-6,9,11-12,27,34H,7-8,10H2,1-3H3/t12-/m0/s1. The summed E-state index contributed by atoms with van der Waals surface area (Å²) in [5.41, 5.74) is -1.48. The summed E-state index contributed by atoms with van der Waals surface area (Å²) in [6.45, 7) is 6.85. The Morgan fingerprint density at radius 3 is 2.58 bits per heavy atom. The van der Waals surface area contributed by atoms with E-state index in [1.807, 2.05) is 11.8 Å². The van der Waals surface area contributed by atoms with Crippen molar-refractivity contribution in [3.63, 3.8) is 0 Å². The fourth-order valence-corrected chi connectivity index (χ4v) is 4.69. The molecule has 1 fully saturated rings. The highest BCUT2D eigenvalue weighted by atomic mass is 19.1. The molecule has 2 N–H and O–H groups in total. The summed E-state index contributed by atoms with van der Waals surface area (Å²) in [7, 11) is 0. The molecule has 0 amide bonds. The van der Waals surface area contributed by atoms with Crippen LogP contribution in [0, 0.1) is 30.7 Å². The van der Waals surface area contributed by atoms with Gasteiger partial charge in [-0.15, -0.1) is 4.57 Å². The molecule has 1 aliphatic heterocycles. The molecule has 1 saturated heterocycles. The first kappa shape index (κ1) is 23.5. The van der Waals surface area contributed by atoms with Gasteiger partial charge in [-0.1, -0.05) is 6.07 Å². The van der Waals surface area contributed by atoms with Crippen molar-refractivity contribution in [3.8, 4) is 22.7 Å². The number of piperazine rings is 1. The normalized spacial score (nSPS) is 16.0. The van der Waals surface area contributed by atoms with Gasteiger partial charge in [0.1, 0.15) is 28.8 Å². The Morgan fingerprint density at radius 2 is 1.92 bits per heavy atom. The van der Waals surface area contributed by atoms with Gasteiger partial charge < -0.3 is 20.5 Å². The third-order valence-corrected chi connectivity index (χ3v) is 6.39. The molecule has 5 rings (SSSR count). The van der Waals surface area contributed by atoms with Crippen molar-refractivity contribution in [2.45, 2.75) is 26.8 Å². The first-order valence-corrected chi connectivity index (χ1v) is 11.3. The first-order valence-electron chi connectivity index (χ1n) is 11.3. The average molecular weight is 495 g/mol. The van der Waals surface area contributed by atoms with Crippen LogP contribution in [0.1, 0.15) is 18.3 Å². The SMILES string of the molecule is Cc1ncnc(C)c1-n1c(=O)nc(N2CCNC[C@@H]2C)c2cc(F)c(-c3c(O)cccc3F)[n+]([O-])c21. The second-order valence-corrected chi connectivity index (χ2v) is 8.70. The number of phenols is 1. The zero-order chi connectivity index (χ0) is 25.7. The number of phenolic OH excluding ortho intramolecular Hbond substituents is 1. The second-order valence-electron chi connectivity index (χ2n) is 8.70. The van der Waals surface area contributed by atoms with Crippen LogP contribution < -0.4 is 20.6 Å². The quantitative estimate of drug-likeness (QED) is 0.326. The van der Waals surface area contributed by atoms with Gasteiger partial charge in [-0.05, 0) is 39.0 Å². The smallest absolute Gasteiger partial charge is 0.442 e. The van der Waals surface area contributed by atoms with Gasteiger partial charge in [0.05, 0.1) is 11.4 Å². The van der Waals surface area contributed by atoms with E-state index in [4.69, 9.17) is 0 Å². The number of fused-ring (bicyclic) bond motifs is 1. The predicted molar refractivity (Wildman–Crippen MR) is 128 cm³/mol. The van der Waals surface area contributed by atoms with Crippen LogP contribution in [0.15, 0.2) is 35.4 Å². The molecule has 0 aliphatic carbocycles. The van der Waals surface area contributed by atoms with Gasteiger partial charge in [0.15, 0.2) is 23.0 Å². The van der Waals surface area contributed by atoms with E-state index >= 15 is 4.39 Å². The molecule has 1 atom stereocenters. The third kappa shape index (κ3) is 3.61. The number of aromatic nitrogens is 5. The van der Waals surface area contributed by atoms with Gasteiger partial charge >= 0.3 is 11.3 Å². The number of halogens is 2. The molecule has 0 unspecified atom stereocenters. The van der Waals surface area contributed by atoms with Gasteiger partial charge in [0.2, 0.25) is 0 Å². The maximum absolute atomic E-state index is 15.6. The van der Waals surface area contributed by atoms with Gasteiger partial charge in [-0.25, -0.2) is 28.3 Å². The molecule has 4 heterocycles. The Hall–Kier alpha value is -4.19. The Labute approximate surface area is 204 Å². The maximum atomic E-state index is 15.6. The highest BCUT2D eigenvalue weighted by molar-refractivity contribution is 5.88. The lowest BCUT2D eigenvalue weighted by Gasteiger charge is -2.35. The summed E-state index contributed by atoms with van der Waals surface area (Å²) < 4.78 is 31.5. The van der Waals surface area contributed by atoms with Crippen LogP contribution in [-0.4, -0.2) is 50.3 Å². The summed E-state index contributed by atoms with van der Waals surface area (Å²) in [5, 5.41) is 27.5. The number of benzene rings is 1. The minimum atomic E-state index is -1.08. The molecule has 186 valence electrons. The number of nitrogens with one attached hydrogen (secondary N) is 1. The Bertz CT molecular complexity index is 1530. The maximum Gasteiger partial charge on any atom is 0.442 e. The van der Waals surface area contributed by atoms with Gasteiger partial charge in [0.25, 0.3) is 0 Å². The summed E-state index contributed by atoms with van der Waals surface area (Å²) in [4.78, 5) is 27.9. The van der Waals surface area contributed by atoms with E-state index in [0.717, 1.165) is 22.8 Å². The van der Waals surface area contributed by atoms with Crippen molar-refractivity contribution in [1.82, 2.24) is 24.8 Å². The van der Waals surface area contributed by atoms with Gasteiger partial charge in [-0.3, -0.25) is 0 Å². The largest absolute Gasteiger partial charge is 0.710 e. The number of hydrogen-bond donors (Lipinski definition) is 2. The fourth-order valence-electron chi connectivity index (χ4n) is 4.69. The minimum absolute atomic E-state index is 0.0538. The highest BCUT2D eigenvalue weighted by Crippen LogP contribution is 2.34. The Kier molecular flexibility index (Phi) is 5.75. The molecule has 0 radical (unpaired) electrons. The van der Waals surface area contributed by atoms with E-state index < -0.39 is 34.3 Å². The van der Waals surface area contributed by atoms with E-state index in [1.54, 1.807) is 13.8 Å². The number of nitrogens with zero attached hydrogens (tertiary/aromatic N) is 6. The molecule has 1 aromatic carbocycles. The number of aromatic hydroxyl groups is 1. The number of rotatable bonds is 3. The zero-order valence-electron chi connectivity index (χ0n) is 19.8. The molecule has 4 aromatic rings. The lowest BCUT2D eigenvalue weighted by atomic mass is 10.1. The van der Waals surface area contributed by atoms with Crippen molar-refractivity contribution in [3.05, 3.63) is 69.3 Å². The summed E-state index contributed by atoms with van der Waals surface area (Å²) in [6, 6.07) is 4.33. The van der Waals surface area contributed by atoms with Crippen LogP contribution in [0.4, 0.5) is 14.6 Å². The highest BCUT2D eigenvalue weighted by Gasteiger charge is 2.32. The number of aryl methyl sites for hydroxylation is 2. The second kappa shape index (κ2) is 8.79. The van der Waals surface area contributed by atoms with Crippen molar-refractivity contribution in [2.24, 2.45) is 0 Å². The van der Waals surface area contributed by atoms with Crippen LogP contribution in [0.2, 0.25) is 0 Å². The molecule has 1 aliphatic rings. The molecule has 10 nitrogen and oxygen atoms in total. The third-order valence-electron chi connectivity index (χ3n) is 6.39. The van der Waals surface area contributed by atoms with Crippen molar-refractivity contribution in [2.75, 3.05) is 24.5 Å². The van der Waals surface area contributed by atoms with Crippen LogP contribution in [0.3, 0.4) is 0 Å². The topological polar surface area (TPSA) is 123 Å². The van der Waals surface area contributed by atoms with Gasteiger partial charge in [0, 0.05) is 25.7 Å². The van der Waals surface area contributed by atoms with Crippen LogP contribution in [0.5, 0.6) is 5.75 Å². The van der Waals surface area contributed by atoms with Crippen LogP contribution >= 0.6 is 0 Å². The number of pyridine rings is 1. The summed E-state index contributed by atoms with van der Waals surface area (Å²) in [6.07, 6.45) is 1.32. The van der Waals surface area contributed by atoms with E-state index in [1.165, 1.54) is 12.4 Å². The lowest BCUT2D eigenvalue weighted by Crippen LogP contribution is -2.51. The van der Waals surface area contributed by atoms with E-state index in [2.05, 4.69) is 20.3 Å². The molecule has 0 saturated carbocycles. The molecule has 3 aromatic heterocycles. The Balaban J connectivity index is 1.96. The monoisotopic (exact) mass is 495 g/mol. The van der Waals surface area contributed by atoms with Crippen molar-refractivity contribution >= 4 is 16.9 Å². The van der Waals surface area contributed by atoms with Gasteiger partial charge in [-0.2, -0.15) is 4.98 Å². The summed E-state index contributed by atoms with van der Waals surface area (Å²) >= 11 is 0. The van der Waals surface area contributed by atoms with E-state index in [9.17, 15) is 19.5 Å². The predicted octanol–water partition coefficient (Wildman–Crippen LogP) is 1.87. The number of hydrogen-bond acceptors (Lipinski definition) is 8. The molecular weight excluding hydrogens is 472 g/mol. The molecule has 36 heavy (non-hydrogen) atoms. The molecule has 12 heteroatoms. The fraction of sp³-hybridized carbons (Fsp3) is 0.292. The number of anilines is 1. The average Bonchev–Trinajstić information content (AvgIpc) is 2.82. The van der Waals surface area contributed by atoms with Crippen LogP contribution in [0.25, 0.3) is 28.0 Å². The first-order chi connectivity index (χ1) is 17.2.